The van der Waals surface area contributed by atoms with E-state index in [0.29, 0.717) is 6.04 Å². The largest absolute Gasteiger partial charge is 0.382 e. The van der Waals surface area contributed by atoms with E-state index in [2.05, 4.69) is 36.6 Å². The topological polar surface area (TPSA) is 41.1 Å². The van der Waals surface area contributed by atoms with Gasteiger partial charge in [-0.15, -0.1) is 0 Å². The van der Waals surface area contributed by atoms with Crippen LogP contribution in [-0.4, -0.2) is 17.9 Å². The van der Waals surface area contributed by atoms with Gasteiger partial charge in [-0.2, -0.15) is 0 Å². The number of carbonyl (C=O) groups is 1. The van der Waals surface area contributed by atoms with E-state index in [1.165, 1.54) is 11.1 Å². The maximum atomic E-state index is 12.7. The number of benzene rings is 2. The molecule has 3 atom stereocenters. The Morgan fingerprint density at radius 1 is 1.17 bits per heavy atom. The zero-order valence-corrected chi connectivity index (χ0v) is 14.0. The Morgan fingerprint density at radius 3 is 2.65 bits per heavy atom. The van der Waals surface area contributed by atoms with Gasteiger partial charge >= 0.3 is 0 Å². The highest BCUT2D eigenvalue weighted by Gasteiger charge is 2.21. The molecule has 0 saturated heterocycles. The first-order chi connectivity index (χ1) is 11.0. The summed E-state index contributed by atoms with van der Waals surface area (Å²) in [6.07, 6.45) is 0.985. The molecule has 0 aromatic heterocycles. The minimum Gasteiger partial charge on any atom is -0.382 e. The van der Waals surface area contributed by atoms with Gasteiger partial charge in [0, 0.05) is 23.3 Å². The first kappa shape index (κ1) is 15.8. The highest BCUT2D eigenvalue weighted by Crippen LogP contribution is 2.27. The molecule has 2 aromatic carbocycles. The van der Waals surface area contributed by atoms with Crippen LogP contribution >= 0.6 is 0 Å². The molecule has 3 unspecified atom stereocenters. The Morgan fingerprint density at radius 2 is 1.91 bits per heavy atom. The Hall–Kier alpha value is -2.13. The Balaban J connectivity index is 1.69. The van der Waals surface area contributed by atoms with Gasteiger partial charge in [0.1, 0.15) is 0 Å². The second kappa shape index (κ2) is 6.55. The summed E-state index contributed by atoms with van der Waals surface area (Å²) < 4.78 is 0. The Kier molecular flexibility index (Phi) is 4.49. The van der Waals surface area contributed by atoms with E-state index in [1.54, 1.807) is 0 Å². The summed E-state index contributed by atoms with van der Waals surface area (Å²) in [7, 11) is 0. The average Bonchev–Trinajstić information content (AvgIpc) is 2.93. The molecular formula is C20H24N2O. The molecule has 0 saturated carbocycles. The first-order valence-corrected chi connectivity index (χ1v) is 8.29. The van der Waals surface area contributed by atoms with E-state index in [9.17, 15) is 4.79 Å². The van der Waals surface area contributed by atoms with Crippen molar-refractivity contribution in [2.75, 3.05) is 5.32 Å². The Bertz CT molecular complexity index is 696. The van der Waals surface area contributed by atoms with Gasteiger partial charge in [0.2, 0.25) is 0 Å². The van der Waals surface area contributed by atoms with Crippen molar-refractivity contribution in [3.63, 3.8) is 0 Å². The molecule has 3 rings (SSSR count). The zero-order valence-electron chi connectivity index (χ0n) is 14.0. The van der Waals surface area contributed by atoms with Crippen LogP contribution in [0.25, 0.3) is 0 Å². The van der Waals surface area contributed by atoms with Crippen LogP contribution in [0.3, 0.4) is 0 Å². The van der Waals surface area contributed by atoms with Gasteiger partial charge in [0.05, 0.1) is 6.04 Å². The number of Topliss-reactive ketones (excluding diaryl/α,β-unsaturated/α-hetero) is 1. The number of hydrogen-bond acceptors (Lipinski definition) is 3. The predicted molar refractivity (Wildman–Crippen MR) is 95.0 cm³/mol. The molecule has 0 radical (unpaired) electrons. The maximum Gasteiger partial charge on any atom is 0.179 e. The molecule has 1 aliphatic heterocycles. The van der Waals surface area contributed by atoms with Crippen molar-refractivity contribution in [1.29, 1.82) is 0 Å². The fourth-order valence-electron chi connectivity index (χ4n) is 3.24. The second-order valence-corrected chi connectivity index (χ2v) is 6.51. The van der Waals surface area contributed by atoms with Crippen molar-refractivity contribution < 1.29 is 4.79 Å². The lowest BCUT2D eigenvalue weighted by atomic mass is 9.99. The van der Waals surface area contributed by atoms with Crippen LogP contribution in [0.15, 0.2) is 48.5 Å². The normalized spacial score (nSPS) is 18.8. The number of carbonyl (C=O) groups excluding carboxylic acids is 1. The molecule has 120 valence electrons. The van der Waals surface area contributed by atoms with Crippen LogP contribution in [-0.2, 0) is 6.42 Å². The van der Waals surface area contributed by atoms with E-state index in [0.717, 1.165) is 17.7 Å². The molecule has 2 aromatic rings. The van der Waals surface area contributed by atoms with E-state index < -0.39 is 0 Å². The molecule has 0 spiro atoms. The van der Waals surface area contributed by atoms with Gasteiger partial charge in [-0.25, -0.2) is 0 Å². The molecule has 0 amide bonds. The van der Waals surface area contributed by atoms with E-state index >= 15 is 0 Å². The van der Waals surface area contributed by atoms with Crippen LogP contribution in [0.1, 0.15) is 48.3 Å². The number of nitrogens with one attached hydrogen (secondary N) is 2. The molecule has 1 aliphatic rings. The van der Waals surface area contributed by atoms with E-state index in [4.69, 9.17) is 0 Å². The number of hydrogen-bond donors (Lipinski definition) is 2. The van der Waals surface area contributed by atoms with Crippen LogP contribution < -0.4 is 10.6 Å². The van der Waals surface area contributed by atoms with Crippen molar-refractivity contribution >= 4 is 11.5 Å². The Labute approximate surface area is 138 Å². The number of ketones is 1. The highest BCUT2D eigenvalue weighted by molar-refractivity contribution is 6.00. The molecule has 2 N–H and O–H groups in total. The predicted octanol–water partition coefficient (Wildman–Crippen LogP) is 3.97. The van der Waals surface area contributed by atoms with Crippen LogP contribution in [0.2, 0.25) is 0 Å². The molecule has 3 nitrogen and oxygen atoms in total. The summed E-state index contributed by atoms with van der Waals surface area (Å²) in [6, 6.07) is 16.6. The molecule has 0 fully saturated rings. The molecule has 0 aliphatic carbocycles. The molecule has 23 heavy (non-hydrogen) atoms. The van der Waals surface area contributed by atoms with Gasteiger partial charge in [-0.05, 0) is 56.5 Å². The van der Waals surface area contributed by atoms with Crippen molar-refractivity contribution in [3.05, 3.63) is 65.2 Å². The van der Waals surface area contributed by atoms with Gasteiger partial charge in [-0.3, -0.25) is 4.79 Å². The maximum absolute atomic E-state index is 12.7. The van der Waals surface area contributed by atoms with Gasteiger partial charge in [0.15, 0.2) is 5.78 Å². The molecule has 0 bridgehead atoms. The van der Waals surface area contributed by atoms with Crippen LogP contribution in [0.5, 0.6) is 0 Å². The summed E-state index contributed by atoms with van der Waals surface area (Å²) in [6.45, 7) is 6.19. The van der Waals surface area contributed by atoms with Gasteiger partial charge in [-0.1, -0.05) is 30.3 Å². The lowest BCUT2D eigenvalue weighted by Gasteiger charge is -2.20. The fourth-order valence-corrected chi connectivity index (χ4v) is 3.24. The number of anilines is 1. The monoisotopic (exact) mass is 308 g/mol. The average molecular weight is 308 g/mol. The first-order valence-electron chi connectivity index (χ1n) is 8.29. The summed E-state index contributed by atoms with van der Waals surface area (Å²) in [4.78, 5) is 12.7. The quantitative estimate of drug-likeness (QED) is 0.821. The minimum atomic E-state index is -0.213. The lowest BCUT2D eigenvalue weighted by Crippen LogP contribution is -2.35. The second-order valence-electron chi connectivity index (χ2n) is 6.51. The van der Waals surface area contributed by atoms with Crippen LogP contribution in [0.4, 0.5) is 5.69 Å². The molecule has 1 heterocycles. The van der Waals surface area contributed by atoms with Crippen molar-refractivity contribution in [2.24, 2.45) is 0 Å². The number of fused-ring (bicyclic) bond motifs is 1. The standard InChI is InChI=1S/C20H24N2O/c1-13-11-18-12-17(9-10-19(18)21-13)20(23)15(3)22-14(2)16-7-5-4-6-8-16/h4-10,12-15,21-22H,11H2,1-3H3. The summed E-state index contributed by atoms with van der Waals surface area (Å²) in [5, 5.41) is 6.83. The van der Waals surface area contributed by atoms with Crippen molar-refractivity contribution in [2.45, 2.75) is 45.3 Å². The zero-order chi connectivity index (χ0) is 16.4. The highest BCUT2D eigenvalue weighted by atomic mass is 16.1. The van der Waals surface area contributed by atoms with Crippen molar-refractivity contribution in [1.82, 2.24) is 5.32 Å². The van der Waals surface area contributed by atoms with E-state index in [1.807, 2.05) is 43.3 Å². The number of rotatable bonds is 5. The van der Waals surface area contributed by atoms with Crippen LogP contribution in [0, 0.1) is 0 Å². The van der Waals surface area contributed by atoms with E-state index in [-0.39, 0.29) is 17.9 Å². The van der Waals surface area contributed by atoms with Gasteiger partial charge < -0.3 is 10.6 Å². The van der Waals surface area contributed by atoms with Crippen molar-refractivity contribution in [3.8, 4) is 0 Å². The molecule has 3 heteroatoms. The fraction of sp³-hybridized carbons (Fsp3) is 0.350. The smallest absolute Gasteiger partial charge is 0.179 e. The third-order valence-corrected chi connectivity index (χ3v) is 4.51. The lowest BCUT2D eigenvalue weighted by molar-refractivity contribution is 0.0945. The third kappa shape index (κ3) is 3.45. The molecular weight excluding hydrogens is 284 g/mol. The minimum absolute atomic E-state index is 0.145. The SMILES string of the molecule is CC1Cc2cc(C(=O)C(C)NC(C)c3ccccc3)ccc2N1. The summed E-state index contributed by atoms with van der Waals surface area (Å²) in [5.74, 6) is 0.148. The summed E-state index contributed by atoms with van der Waals surface area (Å²) >= 11 is 0. The third-order valence-electron chi connectivity index (χ3n) is 4.51. The van der Waals surface area contributed by atoms with Gasteiger partial charge in [0.25, 0.3) is 0 Å². The summed E-state index contributed by atoms with van der Waals surface area (Å²) in [5.41, 5.74) is 4.39.